The minimum absolute atomic E-state index is 0.000389. The van der Waals surface area contributed by atoms with Gasteiger partial charge in [0.2, 0.25) is 5.91 Å². The van der Waals surface area contributed by atoms with E-state index < -0.39 is 11.6 Å². The number of hydrogen-bond donors (Lipinski definition) is 2. The lowest BCUT2D eigenvalue weighted by molar-refractivity contribution is -0.133. The molecule has 7 nitrogen and oxygen atoms in total. The van der Waals surface area contributed by atoms with Crippen LogP contribution in [0.5, 0.6) is 0 Å². The highest BCUT2D eigenvalue weighted by Gasteiger charge is 2.55. The molecule has 28 heavy (non-hydrogen) atoms. The quantitative estimate of drug-likeness (QED) is 0.752. The van der Waals surface area contributed by atoms with Crippen molar-refractivity contribution < 1.29 is 18.8 Å². The summed E-state index contributed by atoms with van der Waals surface area (Å²) in [5.74, 6) is -0.444. The summed E-state index contributed by atoms with van der Waals surface area (Å²) >= 11 is 0. The molecule has 2 aliphatic heterocycles. The first-order valence-corrected chi connectivity index (χ1v) is 9.82. The van der Waals surface area contributed by atoms with Crippen LogP contribution >= 0.6 is 0 Å². The first-order chi connectivity index (χ1) is 13.4. The third kappa shape index (κ3) is 3.43. The van der Waals surface area contributed by atoms with E-state index in [0.29, 0.717) is 26.1 Å². The number of imide groups is 1. The van der Waals surface area contributed by atoms with E-state index in [1.165, 1.54) is 12.1 Å². The maximum Gasteiger partial charge on any atom is 0.322 e. The lowest BCUT2D eigenvalue weighted by Gasteiger charge is -2.41. The molecule has 1 unspecified atom stereocenters. The molecule has 2 atom stereocenters. The molecule has 1 aromatic rings. The first-order valence-electron chi connectivity index (χ1n) is 9.82. The average Bonchev–Trinajstić information content (AvgIpc) is 3.47. The normalized spacial score (nSPS) is 27.6. The second-order valence-corrected chi connectivity index (χ2v) is 8.01. The van der Waals surface area contributed by atoms with Gasteiger partial charge in [-0.3, -0.25) is 14.9 Å². The average molecular weight is 388 g/mol. The van der Waals surface area contributed by atoms with Gasteiger partial charge in [-0.1, -0.05) is 0 Å². The van der Waals surface area contributed by atoms with Crippen LogP contribution in [0.3, 0.4) is 0 Å². The molecule has 0 spiro atoms. The third-order valence-electron chi connectivity index (χ3n) is 6.11. The number of nitrogens with zero attached hydrogens (tertiary/aromatic N) is 2. The monoisotopic (exact) mass is 388 g/mol. The predicted molar refractivity (Wildman–Crippen MR) is 101 cm³/mol. The van der Waals surface area contributed by atoms with Gasteiger partial charge in [0, 0.05) is 37.8 Å². The van der Waals surface area contributed by atoms with Crippen LogP contribution in [0.1, 0.15) is 32.6 Å². The zero-order valence-corrected chi connectivity index (χ0v) is 15.9. The molecule has 0 aromatic heterocycles. The van der Waals surface area contributed by atoms with E-state index in [-0.39, 0.29) is 36.0 Å². The van der Waals surface area contributed by atoms with Crippen LogP contribution in [0.25, 0.3) is 0 Å². The van der Waals surface area contributed by atoms with Crippen molar-refractivity contribution in [2.45, 2.75) is 44.2 Å². The van der Waals surface area contributed by atoms with Crippen LogP contribution in [-0.2, 0) is 9.59 Å². The van der Waals surface area contributed by atoms with E-state index in [1.54, 1.807) is 12.1 Å². The summed E-state index contributed by atoms with van der Waals surface area (Å²) in [6.07, 6.45) is 2.36. The Kier molecular flexibility index (Phi) is 4.72. The van der Waals surface area contributed by atoms with Crippen LogP contribution in [0.15, 0.2) is 24.3 Å². The van der Waals surface area contributed by atoms with E-state index in [2.05, 4.69) is 15.5 Å². The lowest BCUT2D eigenvalue weighted by Crippen LogP contribution is -2.54. The number of piperazine rings is 1. The second-order valence-electron chi connectivity index (χ2n) is 8.01. The van der Waals surface area contributed by atoms with Crippen molar-refractivity contribution >= 4 is 23.5 Å². The largest absolute Gasteiger partial charge is 0.365 e. The van der Waals surface area contributed by atoms with Gasteiger partial charge in [0.1, 0.15) is 11.4 Å². The Balaban J connectivity index is 1.35. The SMILES string of the molecule is C[C@H]1CN(C(=O)CCC2(C3CC3)NC(=O)NC2=O)CCN1c1ccc(F)cc1. The van der Waals surface area contributed by atoms with E-state index in [0.717, 1.165) is 18.5 Å². The fourth-order valence-corrected chi connectivity index (χ4v) is 4.41. The Bertz CT molecular complexity index is 795. The van der Waals surface area contributed by atoms with Gasteiger partial charge in [0.25, 0.3) is 5.91 Å². The molecule has 2 saturated heterocycles. The molecule has 0 radical (unpaired) electrons. The highest BCUT2D eigenvalue weighted by molar-refractivity contribution is 6.07. The topological polar surface area (TPSA) is 81.8 Å². The molecule has 4 rings (SSSR count). The van der Waals surface area contributed by atoms with Gasteiger partial charge < -0.3 is 15.1 Å². The van der Waals surface area contributed by atoms with Crippen LogP contribution in [-0.4, -0.2) is 54.0 Å². The smallest absolute Gasteiger partial charge is 0.322 e. The van der Waals surface area contributed by atoms with Gasteiger partial charge in [-0.15, -0.1) is 0 Å². The number of benzene rings is 1. The van der Waals surface area contributed by atoms with Crippen molar-refractivity contribution in [2.24, 2.45) is 5.92 Å². The van der Waals surface area contributed by atoms with Gasteiger partial charge in [-0.05, 0) is 56.4 Å². The number of nitrogens with one attached hydrogen (secondary N) is 2. The Morgan fingerprint density at radius 2 is 1.93 bits per heavy atom. The van der Waals surface area contributed by atoms with E-state index >= 15 is 0 Å². The molecule has 3 fully saturated rings. The summed E-state index contributed by atoms with van der Waals surface area (Å²) in [5, 5.41) is 5.09. The van der Waals surface area contributed by atoms with E-state index in [4.69, 9.17) is 0 Å². The van der Waals surface area contributed by atoms with Crippen LogP contribution in [0.4, 0.5) is 14.9 Å². The maximum absolute atomic E-state index is 13.1. The van der Waals surface area contributed by atoms with Crippen LogP contribution < -0.4 is 15.5 Å². The highest BCUT2D eigenvalue weighted by Crippen LogP contribution is 2.43. The molecule has 150 valence electrons. The van der Waals surface area contributed by atoms with Gasteiger partial charge in [-0.2, -0.15) is 0 Å². The summed E-state index contributed by atoms with van der Waals surface area (Å²) in [6.45, 7) is 3.86. The Morgan fingerprint density at radius 3 is 2.50 bits per heavy atom. The van der Waals surface area contributed by atoms with Crippen molar-refractivity contribution in [2.75, 3.05) is 24.5 Å². The molecular formula is C20H25FN4O3. The van der Waals surface area contributed by atoms with Crippen LogP contribution in [0, 0.1) is 11.7 Å². The van der Waals surface area contributed by atoms with Crippen molar-refractivity contribution in [3.8, 4) is 0 Å². The first kappa shape index (κ1) is 18.7. The number of rotatable bonds is 5. The number of carbonyl (C=O) groups excluding carboxylic acids is 3. The summed E-state index contributed by atoms with van der Waals surface area (Å²) in [6, 6.07) is 6.03. The minimum Gasteiger partial charge on any atom is -0.365 e. The number of halogens is 1. The molecule has 3 aliphatic rings. The summed E-state index contributed by atoms with van der Waals surface area (Å²) in [7, 11) is 0. The zero-order valence-electron chi connectivity index (χ0n) is 15.9. The molecular weight excluding hydrogens is 363 g/mol. The lowest BCUT2D eigenvalue weighted by atomic mass is 9.87. The second kappa shape index (κ2) is 7.07. The molecule has 4 amide bonds. The number of hydrogen-bond acceptors (Lipinski definition) is 4. The fraction of sp³-hybridized carbons (Fsp3) is 0.550. The number of urea groups is 1. The van der Waals surface area contributed by atoms with E-state index in [9.17, 15) is 18.8 Å². The molecule has 1 aromatic carbocycles. The highest BCUT2D eigenvalue weighted by atomic mass is 19.1. The zero-order chi connectivity index (χ0) is 19.9. The van der Waals surface area contributed by atoms with Crippen molar-refractivity contribution in [1.29, 1.82) is 0 Å². The molecule has 1 aliphatic carbocycles. The standard InChI is InChI=1S/C20H25FN4O3/c1-13-12-24(10-11-25(13)16-6-4-15(21)5-7-16)17(26)8-9-20(14-2-3-14)18(27)22-19(28)23-20/h4-7,13-14H,2-3,8-12H2,1H3,(H2,22,23,27,28)/t13-,20?/m0/s1. The fourth-order valence-electron chi connectivity index (χ4n) is 4.41. The summed E-state index contributed by atoms with van der Waals surface area (Å²) < 4.78 is 13.1. The van der Waals surface area contributed by atoms with Crippen molar-refractivity contribution in [3.63, 3.8) is 0 Å². The summed E-state index contributed by atoms with van der Waals surface area (Å²) in [4.78, 5) is 40.7. The van der Waals surface area contributed by atoms with Crippen LogP contribution in [0.2, 0.25) is 0 Å². The Labute approximate surface area is 163 Å². The Hall–Kier alpha value is -2.64. The number of amides is 4. The summed E-state index contributed by atoms with van der Waals surface area (Å²) in [5.41, 5.74) is 0.0212. The van der Waals surface area contributed by atoms with Crippen molar-refractivity contribution in [1.82, 2.24) is 15.5 Å². The van der Waals surface area contributed by atoms with Gasteiger partial charge in [-0.25, -0.2) is 9.18 Å². The van der Waals surface area contributed by atoms with E-state index in [1.807, 2.05) is 11.8 Å². The van der Waals surface area contributed by atoms with Gasteiger partial charge in [0.05, 0.1) is 0 Å². The third-order valence-corrected chi connectivity index (χ3v) is 6.11. The van der Waals surface area contributed by atoms with Gasteiger partial charge >= 0.3 is 6.03 Å². The van der Waals surface area contributed by atoms with Gasteiger partial charge in [0.15, 0.2) is 0 Å². The molecule has 0 bridgehead atoms. The predicted octanol–water partition coefficient (Wildman–Crippen LogP) is 1.63. The Morgan fingerprint density at radius 1 is 1.21 bits per heavy atom. The molecule has 2 N–H and O–H groups in total. The number of carbonyl (C=O) groups is 3. The minimum atomic E-state index is -0.922. The molecule has 8 heteroatoms. The maximum atomic E-state index is 13.1. The molecule has 2 heterocycles. The van der Waals surface area contributed by atoms with Crippen molar-refractivity contribution in [3.05, 3.63) is 30.1 Å². The molecule has 1 saturated carbocycles. The number of anilines is 1.